The summed E-state index contributed by atoms with van der Waals surface area (Å²) in [6.45, 7) is 3.67. The standard InChI is InChI=1S/C26H22BrNO4/c1-16-10-22-20(14-28(15-31-22)13-18-7-3-4-9-21(18)30-2)26-24(16)25(29)23(32-26)12-17-6-5-8-19(27)11-17/h3-12H,13-15H2,1-2H3/b23-12-. The zero-order chi connectivity index (χ0) is 22.2. The van der Waals surface area contributed by atoms with Crippen LogP contribution in [-0.2, 0) is 13.1 Å². The molecule has 0 atom stereocenters. The van der Waals surface area contributed by atoms with Gasteiger partial charge in [0.15, 0.2) is 5.76 Å². The Morgan fingerprint density at radius 3 is 2.81 bits per heavy atom. The van der Waals surface area contributed by atoms with Gasteiger partial charge in [0.25, 0.3) is 0 Å². The highest BCUT2D eigenvalue weighted by molar-refractivity contribution is 9.10. The van der Waals surface area contributed by atoms with Crippen LogP contribution in [0.5, 0.6) is 17.2 Å². The molecule has 0 aromatic heterocycles. The Bertz CT molecular complexity index is 1250. The molecule has 2 aliphatic heterocycles. The summed E-state index contributed by atoms with van der Waals surface area (Å²) in [7, 11) is 1.68. The molecular weight excluding hydrogens is 470 g/mol. The molecule has 0 N–H and O–H groups in total. The average molecular weight is 492 g/mol. The Hall–Kier alpha value is -3.09. The Kier molecular flexibility index (Phi) is 5.49. The van der Waals surface area contributed by atoms with Crippen LogP contribution in [0.2, 0.25) is 0 Å². The van der Waals surface area contributed by atoms with Gasteiger partial charge < -0.3 is 14.2 Å². The summed E-state index contributed by atoms with van der Waals surface area (Å²) >= 11 is 3.47. The van der Waals surface area contributed by atoms with Gasteiger partial charge in [0.1, 0.15) is 24.0 Å². The highest BCUT2D eigenvalue weighted by Crippen LogP contribution is 2.44. The first-order chi connectivity index (χ1) is 15.5. The SMILES string of the molecule is COc1ccccc1CN1COc2cc(C)c3c(c2C1)O/C(=C\c1cccc(Br)c1)C3=O. The predicted octanol–water partition coefficient (Wildman–Crippen LogP) is 5.73. The topological polar surface area (TPSA) is 48.0 Å². The van der Waals surface area contributed by atoms with E-state index in [1.165, 1.54) is 0 Å². The number of carbonyl (C=O) groups excluding carboxylic acids is 1. The van der Waals surface area contributed by atoms with Crippen LogP contribution in [0.3, 0.4) is 0 Å². The highest BCUT2D eigenvalue weighted by Gasteiger charge is 2.35. The number of aryl methyl sites for hydroxylation is 1. The van der Waals surface area contributed by atoms with Crippen LogP contribution in [0.4, 0.5) is 0 Å². The fourth-order valence-electron chi connectivity index (χ4n) is 4.20. The monoisotopic (exact) mass is 491 g/mol. The van der Waals surface area contributed by atoms with Gasteiger partial charge in [0.05, 0.1) is 18.2 Å². The van der Waals surface area contributed by atoms with Crippen molar-refractivity contribution >= 4 is 27.8 Å². The molecule has 0 fully saturated rings. The van der Waals surface area contributed by atoms with Crippen molar-refractivity contribution in [1.82, 2.24) is 4.90 Å². The molecule has 0 amide bonds. The molecule has 162 valence electrons. The van der Waals surface area contributed by atoms with E-state index in [0.717, 1.165) is 38.2 Å². The Morgan fingerprint density at radius 2 is 2.00 bits per heavy atom. The van der Waals surface area contributed by atoms with Crippen LogP contribution in [0, 0.1) is 6.92 Å². The van der Waals surface area contributed by atoms with Crippen molar-refractivity contribution in [2.45, 2.75) is 20.0 Å². The number of rotatable bonds is 4. The molecule has 0 bridgehead atoms. The quantitative estimate of drug-likeness (QED) is 0.435. The van der Waals surface area contributed by atoms with Crippen LogP contribution < -0.4 is 14.2 Å². The number of hydrogen-bond donors (Lipinski definition) is 0. The van der Waals surface area contributed by atoms with E-state index in [4.69, 9.17) is 14.2 Å². The largest absolute Gasteiger partial charge is 0.496 e. The Morgan fingerprint density at radius 1 is 1.16 bits per heavy atom. The number of Topliss-reactive ketones (excluding diaryl/α,β-unsaturated/α-hetero) is 1. The molecule has 0 saturated carbocycles. The summed E-state index contributed by atoms with van der Waals surface area (Å²) in [4.78, 5) is 15.3. The third kappa shape index (κ3) is 3.80. The second-order valence-corrected chi connectivity index (χ2v) is 8.86. The lowest BCUT2D eigenvalue weighted by Gasteiger charge is -2.30. The molecule has 5 rings (SSSR count). The maximum absolute atomic E-state index is 13.2. The van der Waals surface area contributed by atoms with Crippen molar-refractivity contribution in [3.05, 3.63) is 92.6 Å². The zero-order valence-electron chi connectivity index (χ0n) is 17.9. The lowest BCUT2D eigenvalue weighted by molar-refractivity contribution is 0.0864. The van der Waals surface area contributed by atoms with Crippen LogP contribution in [-0.4, -0.2) is 24.5 Å². The summed E-state index contributed by atoms with van der Waals surface area (Å²) in [5, 5.41) is 0. The maximum atomic E-state index is 13.2. The fraction of sp³-hybridized carbons (Fsp3) is 0.192. The van der Waals surface area contributed by atoms with Gasteiger partial charge in [-0.1, -0.05) is 46.3 Å². The molecule has 6 heteroatoms. The summed E-state index contributed by atoms with van der Waals surface area (Å²) in [5.41, 5.74) is 4.36. The molecule has 0 aliphatic carbocycles. The summed E-state index contributed by atoms with van der Waals surface area (Å²) in [5.74, 6) is 2.46. The van der Waals surface area contributed by atoms with Gasteiger partial charge in [-0.15, -0.1) is 0 Å². The minimum Gasteiger partial charge on any atom is -0.496 e. The number of nitrogens with zero attached hydrogens (tertiary/aromatic N) is 1. The number of ketones is 1. The normalized spacial score (nSPS) is 16.3. The van der Waals surface area contributed by atoms with Gasteiger partial charge in [-0.2, -0.15) is 0 Å². The number of benzene rings is 3. The highest BCUT2D eigenvalue weighted by atomic mass is 79.9. The first kappa shape index (κ1) is 20.8. The van der Waals surface area contributed by atoms with Crippen LogP contribution in [0.1, 0.15) is 32.6 Å². The molecule has 0 unspecified atom stereocenters. The van der Waals surface area contributed by atoms with Gasteiger partial charge in [0.2, 0.25) is 5.78 Å². The second kappa shape index (κ2) is 8.45. The molecule has 3 aromatic rings. The number of allylic oxidation sites excluding steroid dienone is 1. The van der Waals surface area contributed by atoms with Crippen molar-refractivity contribution < 1.29 is 19.0 Å². The van der Waals surface area contributed by atoms with Crippen molar-refractivity contribution in [2.75, 3.05) is 13.8 Å². The number of halogens is 1. The number of fused-ring (bicyclic) bond motifs is 3. The zero-order valence-corrected chi connectivity index (χ0v) is 19.4. The van der Waals surface area contributed by atoms with Crippen molar-refractivity contribution in [1.29, 1.82) is 0 Å². The fourth-order valence-corrected chi connectivity index (χ4v) is 4.62. The number of methoxy groups -OCH3 is 1. The molecule has 0 radical (unpaired) electrons. The molecule has 0 saturated heterocycles. The predicted molar refractivity (Wildman–Crippen MR) is 126 cm³/mol. The summed E-state index contributed by atoms with van der Waals surface area (Å²) in [6, 6.07) is 17.7. The Balaban J connectivity index is 1.47. The van der Waals surface area contributed by atoms with E-state index in [2.05, 4.69) is 20.8 Å². The third-order valence-corrected chi connectivity index (χ3v) is 6.21. The minimum atomic E-state index is -0.0953. The molecule has 2 aliphatic rings. The second-order valence-electron chi connectivity index (χ2n) is 7.94. The van der Waals surface area contributed by atoms with Crippen LogP contribution >= 0.6 is 15.9 Å². The maximum Gasteiger partial charge on any atom is 0.232 e. The lowest BCUT2D eigenvalue weighted by Crippen LogP contribution is -2.32. The van der Waals surface area contributed by atoms with Crippen molar-refractivity contribution in [2.24, 2.45) is 0 Å². The van der Waals surface area contributed by atoms with Gasteiger partial charge in [-0.3, -0.25) is 9.69 Å². The number of para-hydroxylation sites is 1. The lowest BCUT2D eigenvalue weighted by atomic mass is 9.98. The molecule has 2 heterocycles. The molecule has 3 aromatic carbocycles. The van der Waals surface area contributed by atoms with Gasteiger partial charge >= 0.3 is 0 Å². The van der Waals surface area contributed by atoms with E-state index in [9.17, 15) is 4.79 Å². The molecule has 5 nitrogen and oxygen atoms in total. The molecule has 32 heavy (non-hydrogen) atoms. The van der Waals surface area contributed by atoms with E-state index in [-0.39, 0.29) is 5.78 Å². The Labute approximate surface area is 195 Å². The average Bonchev–Trinajstić information content (AvgIpc) is 3.11. The smallest absolute Gasteiger partial charge is 0.232 e. The van der Waals surface area contributed by atoms with E-state index in [1.807, 2.05) is 61.5 Å². The third-order valence-electron chi connectivity index (χ3n) is 5.72. The number of ether oxygens (including phenoxy) is 3. The summed E-state index contributed by atoms with van der Waals surface area (Å²) in [6.07, 6.45) is 1.79. The van der Waals surface area contributed by atoms with Crippen molar-refractivity contribution in [3.63, 3.8) is 0 Å². The van der Waals surface area contributed by atoms with E-state index < -0.39 is 0 Å². The number of carbonyl (C=O) groups is 1. The van der Waals surface area contributed by atoms with Crippen LogP contribution in [0.25, 0.3) is 6.08 Å². The molecular formula is C26H22BrNO4. The van der Waals surface area contributed by atoms with Gasteiger partial charge in [-0.05, 0) is 48.4 Å². The first-order valence-corrected chi connectivity index (χ1v) is 11.2. The van der Waals surface area contributed by atoms with E-state index >= 15 is 0 Å². The van der Waals surface area contributed by atoms with E-state index in [1.54, 1.807) is 13.2 Å². The molecule has 0 spiro atoms. The number of hydrogen-bond acceptors (Lipinski definition) is 5. The first-order valence-electron chi connectivity index (χ1n) is 10.4. The van der Waals surface area contributed by atoms with E-state index in [0.29, 0.717) is 36.9 Å². The van der Waals surface area contributed by atoms with Crippen molar-refractivity contribution in [3.8, 4) is 17.2 Å². The van der Waals surface area contributed by atoms with Crippen LogP contribution in [0.15, 0.2) is 64.8 Å². The summed E-state index contributed by atoms with van der Waals surface area (Å²) < 4.78 is 18.7. The minimum absolute atomic E-state index is 0.0953. The van der Waals surface area contributed by atoms with Gasteiger partial charge in [0, 0.05) is 23.1 Å². The van der Waals surface area contributed by atoms with Gasteiger partial charge in [-0.25, -0.2) is 0 Å².